The Hall–Kier alpha value is -0.466. The Morgan fingerprint density at radius 2 is 2.44 bits per heavy atom. The summed E-state index contributed by atoms with van der Waals surface area (Å²) in [7, 11) is -2.86. The quantitative estimate of drug-likeness (QED) is 0.297. The first-order valence-electron chi connectivity index (χ1n) is 2.20. The van der Waals surface area contributed by atoms with Gasteiger partial charge in [0.2, 0.25) is 0 Å². The maximum Gasteiger partial charge on any atom is 0.579 e. The standard InChI is InChI=1S/C3H7FO3Si2/c1-2-3(5)6-9(4)7-8/h2,9H,1H2,8H3. The van der Waals surface area contributed by atoms with Gasteiger partial charge in [-0.1, -0.05) is 6.58 Å². The average Bonchev–Trinajstić information content (AvgIpc) is 1.87. The Labute approximate surface area is 57.0 Å². The van der Waals surface area contributed by atoms with Crippen molar-refractivity contribution in [2.24, 2.45) is 0 Å². The van der Waals surface area contributed by atoms with Crippen LogP contribution in [0.15, 0.2) is 12.7 Å². The highest BCUT2D eigenvalue weighted by atomic mass is 28.4. The van der Waals surface area contributed by atoms with Crippen LogP contribution in [0.1, 0.15) is 0 Å². The molecular weight excluding hydrogens is 159 g/mol. The minimum Gasteiger partial charge on any atom is -0.470 e. The van der Waals surface area contributed by atoms with E-state index in [9.17, 15) is 8.90 Å². The van der Waals surface area contributed by atoms with E-state index in [1.165, 1.54) is 0 Å². The van der Waals surface area contributed by atoms with E-state index in [0.717, 1.165) is 6.08 Å². The van der Waals surface area contributed by atoms with Crippen LogP contribution in [0.4, 0.5) is 4.11 Å². The van der Waals surface area contributed by atoms with Gasteiger partial charge in [0.15, 0.2) is 0 Å². The minimum atomic E-state index is -3.12. The molecule has 1 atom stereocenters. The van der Waals surface area contributed by atoms with E-state index in [1.807, 2.05) is 0 Å². The van der Waals surface area contributed by atoms with Gasteiger partial charge >= 0.3 is 15.6 Å². The van der Waals surface area contributed by atoms with Crippen LogP contribution in [0.5, 0.6) is 0 Å². The molecule has 0 aromatic heterocycles. The van der Waals surface area contributed by atoms with Gasteiger partial charge in [-0.2, -0.15) is 0 Å². The summed E-state index contributed by atoms with van der Waals surface area (Å²) < 4.78 is 20.3. The fraction of sp³-hybridized carbons (Fsp3) is 0. The van der Waals surface area contributed by atoms with Crippen LogP contribution >= 0.6 is 0 Å². The molecule has 0 fully saturated rings. The number of carbonyl (C=O) groups excluding carboxylic acids is 1. The van der Waals surface area contributed by atoms with Crippen molar-refractivity contribution in [1.29, 1.82) is 0 Å². The van der Waals surface area contributed by atoms with Gasteiger partial charge in [0.05, 0.1) is 0 Å². The summed E-state index contributed by atoms with van der Waals surface area (Å²) in [5.41, 5.74) is 0. The molecule has 0 aromatic rings. The van der Waals surface area contributed by atoms with Crippen LogP contribution in [-0.2, 0) is 13.3 Å². The maximum absolute atomic E-state index is 12.0. The molecule has 0 heterocycles. The molecule has 0 spiro atoms. The number of rotatable bonds is 3. The second-order valence-electron chi connectivity index (χ2n) is 1.15. The summed E-state index contributed by atoms with van der Waals surface area (Å²) in [6, 6.07) is 0. The summed E-state index contributed by atoms with van der Waals surface area (Å²) in [6.07, 6.45) is 0.903. The van der Waals surface area contributed by atoms with Crippen LogP contribution in [0.3, 0.4) is 0 Å². The van der Waals surface area contributed by atoms with E-state index in [4.69, 9.17) is 0 Å². The zero-order chi connectivity index (χ0) is 7.28. The third-order valence-electron chi connectivity index (χ3n) is 0.561. The number of halogens is 1. The fourth-order valence-electron chi connectivity index (χ4n) is 0.188. The van der Waals surface area contributed by atoms with E-state index in [0.29, 0.717) is 0 Å². The van der Waals surface area contributed by atoms with Crippen molar-refractivity contribution in [3.05, 3.63) is 12.7 Å². The topological polar surface area (TPSA) is 35.5 Å². The van der Waals surface area contributed by atoms with Gasteiger partial charge in [0, 0.05) is 6.08 Å². The van der Waals surface area contributed by atoms with Crippen LogP contribution in [0.2, 0.25) is 0 Å². The molecule has 0 aliphatic heterocycles. The van der Waals surface area contributed by atoms with Crippen LogP contribution in [-0.4, -0.2) is 26.1 Å². The van der Waals surface area contributed by atoms with Gasteiger partial charge in [0.1, 0.15) is 10.5 Å². The van der Waals surface area contributed by atoms with Gasteiger partial charge in [-0.05, 0) is 0 Å². The molecule has 0 saturated heterocycles. The zero-order valence-electron chi connectivity index (χ0n) is 4.96. The highest BCUT2D eigenvalue weighted by Gasteiger charge is 2.12. The zero-order valence-corrected chi connectivity index (χ0v) is 8.12. The average molecular weight is 166 g/mol. The Balaban J connectivity index is 3.46. The lowest BCUT2D eigenvalue weighted by Crippen LogP contribution is -2.19. The predicted molar refractivity (Wildman–Crippen MR) is 35.6 cm³/mol. The summed E-state index contributed by atoms with van der Waals surface area (Å²) in [4.78, 5) is 10.2. The van der Waals surface area contributed by atoms with Gasteiger partial charge in [-0.15, -0.1) is 0 Å². The van der Waals surface area contributed by atoms with Crippen molar-refractivity contribution in [3.8, 4) is 0 Å². The fourth-order valence-corrected chi connectivity index (χ4v) is 0.851. The third kappa shape index (κ3) is 4.06. The molecule has 1 unspecified atom stereocenters. The normalized spacial score (nSPS) is 12.6. The van der Waals surface area contributed by atoms with Crippen molar-refractivity contribution in [3.63, 3.8) is 0 Å². The molecule has 0 N–H and O–H groups in total. The summed E-state index contributed by atoms with van der Waals surface area (Å²) in [5, 5.41) is 0. The molecule has 3 nitrogen and oxygen atoms in total. The summed E-state index contributed by atoms with van der Waals surface area (Å²) >= 11 is 0. The van der Waals surface area contributed by atoms with E-state index >= 15 is 0 Å². The van der Waals surface area contributed by atoms with Crippen molar-refractivity contribution in [1.82, 2.24) is 0 Å². The van der Waals surface area contributed by atoms with Crippen molar-refractivity contribution >= 4 is 26.1 Å². The molecule has 0 saturated carbocycles. The Kier molecular flexibility index (Phi) is 4.19. The molecule has 0 aliphatic rings. The molecule has 9 heavy (non-hydrogen) atoms. The lowest BCUT2D eigenvalue weighted by molar-refractivity contribution is -0.130. The Morgan fingerprint density at radius 3 is 2.78 bits per heavy atom. The molecular formula is C3H7FO3Si2. The third-order valence-corrected chi connectivity index (χ3v) is 2.46. The SMILES string of the molecule is C=CC(=O)O[SiH](F)O[SiH3]. The van der Waals surface area contributed by atoms with E-state index in [2.05, 4.69) is 15.1 Å². The van der Waals surface area contributed by atoms with Gasteiger partial charge < -0.3 is 8.54 Å². The first kappa shape index (κ1) is 8.53. The Bertz CT molecular complexity index is 118. The second-order valence-corrected chi connectivity index (χ2v) is 3.82. The lowest BCUT2D eigenvalue weighted by atomic mass is 10.7. The molecule has 0 amide bonds. The number of hydrogen-bond acceptors (Lipinski definition) is 3. The van der Waals surface area contributed by atoms with Gasteiger partial charge in [0.25, 0.3) is 0 Å². The molecule has 0 aromatic carbocycles. The minimum absolute atomic E-state index is 0.256. The largest absolute Gasteiger partial charge is 0.579 e. The molecule has 0 aliphatic carbocycles. The maximum atomic E-state index is 12.0. The van der Waals surface area contributed by atoms with Crippen LogP contribution in [0, 0.1) is 0 Å². The molecule has 0 rings (SSSR count). The molecule has 0 radical (unpaired) electrons. The van der Waals surface area contributed by atoms with Crippen LogP contribution < -0.4 is 0 Å². The monoisotopic (exact) mass is 166 g/mol. The van der Waals surface area contributed by atoms with Crippen molar-refractivity contribution in [2.75, 3.05) is 0 Å². The first-order valence-corrected chi connectivity index (χ1v) is 4.40. The summed E-state index contributed by atoms with van der Waals surface area (Å²) in [6.45, 7) is 3.08. The van der Waals surface area contributed by atoms with Gasteiger partial charge in [-0.25, -0.2) is 8.90 Å². The lowest BCUT2D eigenvalue weighted by Gasteiger charge is -2.01. The number of hydrogen-bond donors (Lipinski definition) is 0. The Morgan fingerprint density at radius 1 is 1.89 bits per heavy atom. The second kappa shape index (κ2) is 4.42. The predicted octanol–water partition coefficient (Wildman–Crippen LogP) is -1.30. The highest BCUT2D eigenvalue weighted by molar-refractivity contribution is 6.43. The molecule has 52 valence electrons. The van der Waals surface area contributed by atoms with Gasteiger partial charge in [-0.3, -0.25) is 0 Å². The van der Waals surface area contributed by atoms with Crippen molar-refractivity contribution in [2.45, 2.75) is 0 Å². The smallest absolute Gasteiger partial charge is 0.470 e. The number of carbonyl (C=O) groups is 1. The van der Waals surface area contributed by atoms with E-state index in [-0.39, 0.29) is 10.5 Å². The van der Waals surface area contributed by atoms with Crippen molar-refractivity contribution < 1.29 is 17.4 Å². The first-order chi connectivity index (χ1) is 4.20. The highest BCUT2D eigenvalue weighted by Crippen LogP contribution is 1.88. The van der Waals surface area contributed by atoms with E-state index in [1.54, 1.807) is 0 Å². The molecule has 6 heteroatoms. The van der Waals surface area contributed by atoms with Crippen LogP contribution in [0.25, 0.3) is 0 Å². The van der Waals surface area contributed by atoms with E-state index < -0.39 is 15.6 Å². The molecule has 0 bridgehead atoms. The summed E-state index contributed by atoms with van der Waals surface area (Å²) in [5.74, 6) is -0.759.